The predicted molar refractivity (Wildman–Crippen MR) is 69.3 cm³/mol. The zero-order valence-corrected chi connectivity index (χ0v) is 9.76. The number of rotatable bonds is 2. The van der Waals surface area contributed by atoms with Crippen LogP contribution < -0.4 is 16.6 Å². The van der Waals surface area contributed by atoms with Crippen molar-refractivity contribution < 1.29 is 0 Å². The maximum absolute atomic E-state index is 11.2. The number of nitrogens with two attached hydrogens (primary N) is 1. The van der Waals surface area contributed by atoms with E-state index in [2.05, 4.69) is 27.4 Å². The second-order valence-electron chi connectivity index (χ2n) is 4.49. The van der Waals surface area contributed by atoms with Crippen LogP contribution in [0.1, 0.15) is 17.2 Å². The third-order valence-electron chi connectivity index (χ3n) is 3.26. The van der Waals surface area contributed by atoms with Gasteiger partial charge in [-0.3, -0.25) is 4.79 Å². The summed E-state index contributed by atoms with van der Waals surface area (Å²) in [5.41, 5.74) is 8.41. The van der Waals surface area contributed by atoms with E-state index in [1.54, 1.807) is 0 Å². The Kier molecular flexibility index (Phi) is 2.60. The van der Waals surface area contributed by atoms with Gasteiger partial charge in [-0.2, -0.15) is 0 Å². The lowest BCUT2D eigenvalue weighted by molar-refractivity contribution is 0.623. The Balaban J connectivity index is 1.91. The van der Waals surface area contributed by atoms with Gasteiger partial charge >= 0.3 is 0 Å². The van der Waals surface area contributed by atoms with Crippen molar-refractivity contribution in [2.75, 3.05) is 5.32 Å². The van der Waals surface area contributed by atoms with Crippen LogP contribution in [0.4, 0.5) is 5.82 Å². The molecule has 2 unspecified atom stereocenters. The summed E-state index contributed by atoms with van der Waals surface area (Å²) in [5, 5.41) is 3.23. The zero-order valence-electron chi connectivity index (χ0n) is 9.76. The summed E-state index contributed by atoms with van der Waals surface area (Å²) in [6.07, 6.45) is 2.23. The van der Waals surface area contributed by atoms with Gasteiger partial charge < -0.3 is 16.0 Å². The van der Waals surface area contributed by atoms with Crippen LogP contribution in [0.15, 0.2) is 41.5 Å². The highest BCUT2D eigenvalue weighted by Crippen LogP contribution is 2.32. The molecule has 0 amide bonds. The molecule has 92 valence electrons. The van der Waals surface area contributed by atoms with Crippen LogP contribution >= 0.6 is 0 Å². The first-order valence-electron chi connectivity index (χ1n) is 5.89. The monoisotopic (exact) mass is 242 g/mol. The maximum Gasteiger partial charge on any atom is 0.252 e. The quantitative estimate of drug-likeness (QED) is 0.727. The first-order chi connectivity index (χ1) is 8.74. The average Bonchev–Trinajstić information content (AvgIpc) is 2.66. The lowest BCUT2D eigenvalue weighted by Crippen LogP contribution is -2.30. The molecule has 2 atom stereocenters. The highest BCUT2D eigenvalue weighted by Gasteiger charge is 2.29. The number of aromatic nitrogens is 2. The van der Waals surface area contributed by atoms with Crippen LogP contribution in [0.25, 0.3) is 0 Å². The minimum atomic E-state index is -0.174. The van der Waals surface area contributed by atoms with Gasteiger partial charge in [-0.25, -0.2) is 4.98 Å². The Morgan fingerprint density at radius 2 is 2.22 bits per heavy atom. The van der Waals surface area contributed by atoms with Crippen LogP contribution in [0.5, 0.6) is 0 Å². The number of aromatic amines is 1. The molecular formula is C13H14N4O. The van der Waals surface area contributed by atoms with Gasteiger partial charge in [0.05, 0.1) is 12.4 Å². The molecule has 1 heterocycles. The highest BCUT2D eigenvalue weighted by atomic mass is 16.1. The van der Waals surface area contributed by atoms with Crippen molar-refractivity contribution in [1.82, 2.24) is 9.97 Å². The minimum absolute atomic E-state index is 0.00323. The molecular weight excluding hydrogens is 228 g/mol. The van der Waals surface area contributed by atoms with E-state index in [0.717, 1.165) is 6.42 Å². The number of anilines is 1. The first kappa shape index (κ1) is 11.0. The van der Waals surface area contributed by atoms with Gasteiger partial charge in [0.1, 0.15) is 5.82 Å². The Labute approximate surface area is 104 Å². The Hall–Kier alpha value is -2.14. The molecule has 0 saturated heterocycles. The van der Waals surface area contributed by atoms with Crippen molar-refractivity contribution in [3.63, 3.8) is 0 Å². The molecule has 0 saturated carbocycles. The second-order valence-corrected chi connectivity index (χ2v) is 4.49. The molecule has 4 N–H and O–H groups in total. The van der Waals surface area contributed by atoms with Crippen molar-refractivity contribution in [1.29, 1.82) is 0 Å². The molecule has 3 rings (SSSR count). The standard InChI is InChI=1S/C13H14N4O/c14-10-5-8-3-1-2-4-9(8)13(10)17-11-6-12(18)16-7-15-11/h1-4,6-7,10,13H,5,14H2,(H2,15,16,17,18). The number of hydrogen-bond acceptors (Lipinski definition) is 4. The molecule has 1 aliphatic carbocycles. The molecule has 5 nitrogen and oxygen atoms in total. The number of fused-ring (bicyclic) bond motifs is 1. The third-order valence-corrected chi connectivity index (χ3v) is 3.26. The highest BCUT2D eigenvalue weighted by molar-refractivity contribution is 5.44. The maximum atomic E-state index is 11.2. The van der Waals surface area contributed by atoms with Crippen molar-refractivity contribution in [2.24, 2.45) is 5.73 Å². The van der Waals surface area contributed by atoms with E-state index >= 15 is 0 Å². The molecule has 0 fully saturated rings. The van der Waals surface area contributed by atoms with Crippen LogP contribution in [-0.4, -0.2) is 16.0 Å². The number of hydrogen-bond donors (Lipinski definition) is 3. The largest absolute Gasteiger partial charge is 0.361 e. The Bertz CT molecular complexity index is 622. The van der Waals surface area contributed by atoms with Gasteiger partial charge in [0.25, 0.3) is 5.56 Å². The van der Waals surface area contributed by atoms with Crippen molar-refractivity contribution in [2.45, 2.75) is 18.5 Å². The summed E-state index contributed by atoms with van der Waals surface area (Å²) >= 11 is 0. The average molecular weight is 242 g/mol. The molecule has 18 heavy (non-hydrogen) atoms. The van der Waals surface area contributed by atoms with E-state index in [1.807, 2.05) is 12.1 Å². The molecule has 1 aliphatic rings. The van der Waals surface area contributed by atoms with E-state index in [0.29, 0.717) is 5.82 Å². The van der Waals surface area contributed by atoms with Gasteiger partial charge in [-0.15, -0.1) is 0 Å². The van der Waals surface area contributed by atoms with Crippen LogP contribution in [0, 0.1) is 0 Å². The lowest BCUT2D eigenvalue weighted by atomic mass is 10.1. The molecule has 2 aromatic rings. The SMILES string of the molecule is NC1Cc2ccccc2C1Nc1cc(=O)[nH]cn1. The molecule has 1 aromatic heterocycles. The van der Waals surface area contributed by atoms with E-state index < -0.39 is 0 Å². The molecule has 5 heteroatoms. The van der Waals surface area contributed by atoms with E-state index in [4.69, 9.17) is 5.73 Å². The number of H-pyrrole nitrogens is 1. The summed E-state index contributed by atoms with van der Waals surface area (Å²) in [6.45, 7) is 0. The number of nitrogens with one attached hydrogen (secondary N) is 2. The predicted octanol–water partition coefficient (Wildman–Crippen LogP) is 0.806. The van der Waals surface area contributed by atoms with Gasteiger partial charge in [0, 0.05) is 12.1 Å². The fraction of sp³-hybridized carbons (Fsp3) is 0.231. The topological polar surface area (TPSA) is 83.8 Å². The molecule has 1 aromatic carbocycles. The number of nitrogens with zero attached hydrogens (tertiary/aromatic N) is 1. The Morgan fingerprint density at radius 3 is 3.06 bits per heavy atom. The van der Waals surface area contributed by atoms with E-state index in [1.165, 1.54) is 23.5 Å². The lowest BCUT2D eigenvalue weighted by Gasteiger charge is -2.18. The normalized spacial score (nSPS) is 21.6. The molecule has 0 bridgehead atoms. The summed E-state index contributed by atoms with van der Waals surface area (Å²) in [6, 6.07) is 9.61. The molecule has 0 spiro atoms. The van der Waals surface area contributed by atoms with Gasteiger partial charge in [-0.1, -0.05) is 24.3 Å². The van der Waals surface area contributed by atoms with Crippen LogP contribution in [-0.2, 0) is 6.42 Å². The van der Waals surface area contributed by atoms with Gasteiger partial charge in [-0.05, 0) is 17.5 Å². The fourth-order valence-electron chi connectivity index (χ4n) is 2.42. The summed E-state index contributed by atoms with van der Waals surface area (Å²) in [5.74, 6) is 0.552. The van der Waals surface area contributed by atoms with Crippen molar-refractivity contribution >= 4 is 5.82 Å². The van der Waals surface area contributed by atoms with E-state index in [-0.39, 0.29) is 17.6 Å². The second kappa shape index (κ2) is 4.27. The minimum Gasteiger partial charge on any atom is -0.361 e. The van der Waals surface area contributed by atoms with Crippen molar-refractivity contribution in [3.8, 4) is 0 Å². The molecule has 0 aliphatic heterocycles. The third kappa shape index (κ3) is 1.89. The summed E-state index contributed by atoms with van der Waals surface area (Å²) in [4.78, 5) is 17.8. The van der Waals surface area contributed by atoms with Crippen LogP contribution in [0.2, 0.25) is 0 Å². The number of benzene rings is 1. The van der Waals surface area contributed by atoms with Gasteiger partial charge in [0.2, 0.25) is 0 Å². The van der Waals surface area contributed by atoms with Gasteiger partial charge in [0.15, 0.2) is 0 Å². The Morgan fingerprint density at radius 1 is 1.39 bits per heavy atom. The van der Waals surface area contributed by atoms with Crippen LogP contribution in [0.3, 0.4) is 0 Å². The van der Waals surface area contributed by atoms with Crippen molar-refractivity contribution in [3.05, 3.63) is 58.1 Å². The summed E-state index contributed by atoms with van der Waals surface area (Å²) in [7, 11) is 0. The smallest absolute Gasteiger partial charge is 0.252 e. The summed E-state index contributed by atoms with van der Waals surface area (Å²) < 4.78 is 0. The zero-order chi connectivity index (χ0) is 12.5. The molecule has 0 radical (unpaired) electrons. The first-order valence-corrected chi connectivity index (χ1v) is 5.89. The fourth-order valence-corrected chi connectivity index (χ4v) is 2.42. The van der Waals surface area contributed by atoms with E-state index in [9.17, 15) is 4.79 Å².